The summed E-state index contributed by atoms with van der Waals surface area (Å²) in [5, 5.41) is 11.2. The molecule has 2 heterocycles. The molecule has 0 saturated carbocycles. The molecule has 12 heteroatoms. The molecule has 0 fully saturated rings. The molecule has 4 aromatic rings. The number of hydrogen-bond donors (Lipinski definition) is 1. The molecule has 0 aliphatic carbocycles. The topological polar surface area (TPSA) is 85.6 Å². The first kappa shape index (κ1) is 22.9. The van der Waals surface area contributed by atoms with E-state index in [1.807, 2.05) is 24.3 Å². The molecule has 0 atom stereocenters. The van der Waals surface area contributed by atoms with Gasteiger partial charge in [0.25, 0.3) is 5.91 Å². The summed E-state index contributed by atoms with van der Waals surface area (Å²) >= 11 is 4.68. The van der Waals surface area contributed by atoms with Gasteiger partial charge in [-0.1, -0.05) is 32.9 Å². The van der Waals surface area contributed by atoms with Gasteiger partial charge in [0.05, 0.1) is 16.9 Å². The number of aromatic nitrogens is 5. The third-order valence-electron chi connectivity index (χ3n) is 4.40. The normalized spacial score (nSPS) is 11.4. The van der Waals surface area contributed by atoms with Crippen molar-refractivity contribution >= 4 is 39.3 Å². The number of amides is 1. The Morgan fingerprint density at radius 1 is 1.03 bits per heavy atom. The van der Waals surface area contributed by atoms with E-state index in [1.165, 1.54) is 28.6 Å². The van der Waals surface area contributed by atoms with Crippen LogP contribution in [-0.4, -0.2) is 30.9 Å². The molecule has 0 unspecified atom stereocenters. The summed E-state index contributed by atoms with van der Waals surface area (Å²) in [6.45, 7) is 0. The number of thioether (sulfide) groups is 1. The molecule has 1 amide bonds. The molecule has 2 aromatic heterocycles. The zero-order chi connectivity index (χ0) is 23.4. The Morgan fingerprint density at radius 2 is 1.70 bits per heavy atom. The lowest BCUT2D eigenvalue weighted by molar-refractivity contribution is -0.137. The van der Waals surface area contributed by atoms with Gasteiger partial charge in [-0.15, -0.1) is 5.10 Å². The van der Waals surface area contributed by atoms with Gasteiger partial charge in [-0.25, -0.2) is 14.6 Å². The summed E-state index contributed by atoms with van der Waals surface area (Å²) in [4.78, 5) is 21.3. The molecule has 0 spiro atoms. The number of nitrogens with one attached hydrogen (secondary N) is 1. The molecule has 1 N–H and O–H groups in total. The highest BCUT2D eigenvalue weighted by molar-refractivity contribution is 9.10. The van der Waals surface area contributed by atoms with E-state index >= 15 is 0 Å². The van der Waals surface area contributed by atoms with Crippen LogP contribution in [0.2, 0.25) is 0 Å². The smallest absolute Gasteiger partial charge is 0.321 e. The van der Waals surface area contributed by atoms with E-state index in [-0.39, 0.29) is 17.1 Å². The van der Waals surface area contributed by atoms with E-state index in [0.717, 1.165) is 16.6 Å². The SMILES string of the molecule is O=C(Nc1ccc(C(F)(F)F)cc1)c1nnn(-c2ccc(Br)cc2)c1CSc1ncccn1. The minimum absolute atomic E-state index is 0.0428. The third-order valence-corrected chi connectivity index (χ3v) is 5.82. The Bertz CT molecular complexity index is 1250. The average molecular weight is 535 g/mol. The fourth-order valence-electron chi connectivity index (χ4n) is 2.82. The predicted molar refractivity (Wildman–Crippen MR) is 120 cm³/mol. The number of nitrogens with zero attached hydrogens (tertiary/aromatic N) is 5. The summed E-state index contributed by atoms with van der Waals surface area (Å²) in [5.41, 5.74) is 0.613. The lowest BCUT2D eigenvalue weighted by Gasteiger charge is -2.10. The molecule has 168 valence electrons. The van der Waals surface area contributed by atoms with Gasteiger partial charge in [0, 0.05) is 28.3 Å². The van der Waals surface area contributed by atoms with E-state index in [0.29, 0.717) is 16.5 Å². The van der Waals surface area contributed by atoms with Crippen molar-refractivity contribution in [2.24, 2.45) is 0 Å². The number of halogens is 4. The summed E-state index contributed by atoms with van der Waals surface area (Å²) in [5.74, 6) is -0.314. The fourth-order valence-corrected chi connectivity index (χ4v) is 3.88. The molecule has 0 aliphatic heterocycles. The zero-order valence-corrected chi connectivity index (χ0v) is 19.0. The van der Waals surface area contributed by atoms with Crippen molar-refractivity contribution in [3.8, 4) is 5.69 Å². The van der Waals surface area contributed by atoms with Crippen LogP contribution in [0.1, 0.15) is 21.7 Å². The van der Waals surface area contributed by atoms with Crippen molar-refractivity contribution in [2.45, 2.75) is 17.1 Å². The first-order chi connectivity index (χ1) is 15.8. The van der Waals surface area contributed by atoms with Gasteiger partial charge in [-0.2, -0.15) is 13.2 Å². The van der Waals surface area contributed by atoms with Gasteiger partial charge in [0.2, 0.25) is 0 Å². The third kappa shape index (κ3) is 5.57. The summed E-state index contributed by atoms with van der Waals surface area (Å²) in [6, 6.07) is 13.1. The number of anilines is 1. The average Bonchev–Trinajstić information content (AvgIpc) is 3.23. The van der Waals surface area contributed by atoms with Crippen molar-refractivity contribution in [3.63, 3.8) is 0 Å². The lowest BCUT2D eigenvalue weighted by Crippen LogP contribution is -2.15. The molecule has 0 aliphatic rings. The number of benzene rings is 2. The molecular formula is C21H14BrF3N6OS. The highest BCUT2D eigenvalue weighted by Gasteiger charge is 2.30. The van der Waals surface area contributed by atoms with E-state index in [1.54, 1.807) is 18.5 Å². The van der Waals surface area contributed by atoms with E-state index in [4.69, 9.17) is 0 Å². The second-order valence-electron chi connectivity index (χ2n) is 6.62. The van der Waals surface area contributed by atoms with Gasteiger partial charge in [0.1, 0.15) is 0 Å². The Morgan fingerprint density at radius 3 is 2.33 bits per heavy atom. The van der Waals surface area contributed by atoms with Crippen molar-refractivity contribution in [2.75, 3.05) is 5.32 Å². The van der Waals surface area contributed by atoms with Gasteiger partial charge < -0.3 is 5.32 Å². The van der Waals surface area contributed by atoms with Crippen LogP contribution in [0.4, 0.5) is 18.9 Å². The van der Waals surface area contributed by atoms with Crippen LogP contribution in [0.5, 0.6) is 0 Å². The fraction of sp³-hybridized carbons (Fsp3) is 0.0952. The summed E-state index contributed by atoms with van der Waals surface area (Å²) in [6.07, 6.45) is -1.24. The van der Waals surface area contributed by atoms with Crippen molar-refractivity contribution < 1.29 is 18.0 Å². The second-order valence-corrected chi connectivity index (χ2v) is 8.48. The minimum atomic E-state index is -4.46. The van der Waals surface area contributed by atoms with Gasteiger partial charge in [0.15, 0.2) is 10.9 Å². The molecule has 7 nitrogen and oxygen atoms in total. The monoisotopic (exact) mass is 534 g/mol. The minimum Gasteiger partial charge on any atom is -0.321 e. The van der Waals surface area contributed by atoms with Crippen LogP contribution in [0.3, 0.4) is 0 Å². The van der Waals surface area contributed by atoms with Crippen molar-refractivity contribution in [3.05, 3.63) is 88.4 Å². The molecule has 0 saturated heterocycles. The second kappa shape index (κ2) is 9.71. The molecule has 0 radical (unpaired) electrons. The molecule has 33 heavy (non-hydrogen) atoms. The maximum Gasteiger partial charge on any atom is 0.416 e. The summed E-state index contributed by atoms with van der Waals surface area (Å²) < 4.78 is 40.8. The zero-order valence-electron chi connectivity index (χ0n) is 16.6. The van der Waals surface area contributed by atoms with Gasteiger partial charge in [-0.05, 0) is 54.6 Å². The quantitative estimate of drug-likeness (QED) is 0.264. The maximum absolute atomic E-state index is 12.9. The Balaban J connectivity index is 1.62. The van der Waals surface area contributed by atoms with Crippen LogP contribution < -0.4 is 5.32 Å². The maximum atomic E-state index is 12.9. The Hall–Kier alpha value is -3.25. The van der Waals surface area contributed by atoms with Crippen LogP contribution >= 0.6 is 27.7 Å². The Kier molecular flexibility index (Phi) is 6.75. The van der Waals surface area contributed by atoms with E-state index < -0.39 is 17.6 Å². The van der Waals surface area contributed by atoms with Crippen molar-refractivity contribution in [1.29, 1.82) is 0 Å². The van der Waals surface area contributed by atoms with E-state index in [2.05, 4.69) is 41.5 Å². The number of alkyl halides is 3. The highest BCUT2D eigenvalue weighted by atomic mass is 79.9. The molecule has 2 aromatic carbocycles. The number of rotatable bonds is 6. The van der Waals surface area contributed by atoms with E-state index in [9.17, 15) is 18.0 Å². The van der Waals surface area contributed by atoms with Gasteiger partial charge >= 0.3 is 6.18 Å². The largest absolute Gasteiger partial charge is 0.416 e. The van der Waals surface area contributed by atoms with Crippen LogP contribution in [0, 0.1) is 0 Å². The number of hydrogen-bond acceptors (Lipinski definition) is 6. The van der Waals surface area contributed by atoms with Crippen LogP contribution in [0.25, 0.3) is 5.69 Å². The van der Waals surface area contributed by atoms with Crippen LogP contribution in [-0.2, 0) is 11.9 Å². The van der Waals surface area contributed by atoms with Crippen LogP contribution in [0.15, 0.2) is 76.6 Å². The first-order valence-electron chi connectivity index (χ1n) is 9.40. The number of carbonyl (C=O) groups is 1. The predicted octanol–water partition coefficient (Wildman–Crippen LogP) is 5.38. The Labute approximate surface area is 198 Å². The molecular weight excluding hydrogens is 521 g/mol. The molecule has 0 bridgehead atoms. The lowest BCUT2D eigenvalue weighted by atomic mass is 10.2. The standard InChI is InChI=1S/C21H14BrF3N6OS/c22-14-4-8-16(9-5-14)31-17(12-33-20-26-10-1-11-27-20)18(29-30-31)19(32)28-15-6-2-13(3-7-15)21(23,24)25/h1-11H,12H2,(H,28,32). The van der Waals surface area contributed by atoms with Gasteiger partial charge in [-0.3, -0.25) is 4.79 Å². The first-order valence-corrected chi connectivity index (χ1v) is 11.2. The van der Waals surface area contributed by atoms with Crippen molar-refractivity contribution in [1.82, 2.24) is 25.0 Å². The highest BCUT2D eigenvalue weighted by Crippen LogP contribution is 2.30. The summed E-state index contributed by atoms with van der Waals surface area (Å²) in [7, 11) is 0. The number of carbonyl (C=O) groups excluding carboxylic acids is 1. The molecule has 4 rings (SSSR count).